The van der Waals surface area contributed by atoms with Gasteiger partial charge >= 0.3 is 0 Å². The van der Waals surface area contributed by atoms with Crippen molar-refractivity contribution in [2.75, 3.05) is 58.8 Å². The lowest BCUT2D eigenvalue weighted by Gasteiger charge is -2.34. The summed E-state index contributed by atoms with van der Waals surface area (Å²) >= 11 is 0. The van der Waals surface area contributed by atoms with E-state index in [0.29, 0.717) is 19.7 Å². The van der Waals surface area contributed by atoms with Gasteiger partial charge in [0, 0.05) is 46.4 Å². The third-order valence-electron chi connectivity index (χ3n) is 5.95. The first kappa shape index (κ1) is 23.7. The maximum absolute atomic E-state index is 12.3. The van der Waals surface area contributed by atoms with Gasteiger partial charge in [-0.05, 0) is 44.9 Å². The number of hydrogen-bond acceptors (Lipinski definition) is 6. The number of rotatable bonds is 9. The molecule has 10 heteroatoms. The van der Waals surface area contributed by atoms with Gasteiger partial charge in [-0.3, -0.25) is 4.99 Å². The second-order valence-corrected chi connectivity index (χ2v) is 10.2. The van der Waals surface area contributed by atoms with Crippen LogP contribution in [0.25, 0.3) is 0 Å². The van der Waals surface area contributed by atoms with Crippen LogP contribution in [0.1, 0.15) is 44.9 Å². The van der Waals surface area contributed by atoms with Gasteiger partial charge in [-0.25, -0.2) is 13.1 Å². The second kappa shape index (κ2) is 12.2. The Hall–Kier alpha value is -0.940. The van der Waals surface area contributed by atoms with Crippen molar-refractivity contribution < 1.29 is 22.6 Å². The van der Waals surface area contributed by atoms with E-state index in [2.05, 4.69) is 19.9 Å². The normalized spacial score (nSPS) is 26.8. The minimum Gasteiger partial charge on any atom is -0.377 e. The number of hydrogen-bond donors (Lipinski definition) is 2. The summed E-state index contributed by atoms with van der Waals surface area (Å²) in [5, 5.41) is 3.19. The quantitative estimate of drug-likeness (QED) is 0.397. The van der Waals surface area contributed by atoms with E-state index in [-0.39, 0.29) is 24.1 Å². The first-order valence-corrected chi connectivity index (χ1v) is 13.0. The lowest BCUT2D eigenvalue weighted by atomic mass is 10.1. The number of likely N-dealkylation sites (tertiary alicyclic amines) is 1. The highest BCUT2D eigenvalue weighted by molar-refractivity contribution is 7.89. The molecule has 0 aromatic carbocycles. The number of aliphatic imine (C=N–C) groups is 1. The maximum atomic E-state index is 12.3. The Balaban J connectivity index is 1.31. The maximum Gasteiger partial charge on any atom is 0.213 e. The van der Waals surface area contributed by atoms with E-state index in [1.54, 1.807) is 7.05 Å². The Morgan fingerprint density at radius 3 is 2.47 bits per heavy atom. The second-order valence-electron chi connectivity index (χ2n) is 8.28. The lowest BCUT2D eigenvalue weighted by molar-refractivity contribution is -0.0367. The minimum atomic E-state index is -3.34. The van der Waals surface area contributed by atoms with Crippen LogP contribution >= 0.6 is 0 Å². The molecule has 0 aromatic rings. The molecular formula is C20H38N4O5S. The SMILES string of the molecule is CN=C(NCCS(=O)(=O)NCC1CCCCO1)N1CCC(OCC2CCCO2)CC1. The van der Waals surface area contributed by atoms with E-state index in [9.17, 15) is 8.42 Å². The Bertz CT molecular complexity index is 625. The van der Waals surface area contributed by atoms with Crippen molar-refractivity contribution in [1.29, 1.82) is 0 Å². The van der Waals surface area contributed by atoms with Crippen molar-refractivity contribution >= 4 is 16.0 Å². The number of sulfonamides is 1. The molecule has 0 radical (unpaired) electrons. The molecule has 2 unspecified atom stereocenters. The van der Waals surface area contributed by atoms with Crippen molar-refractivity contribution in [2.24, 2.45) is 4.99 Å². The van der Waals surface area contributed by atoms with E-state index in [0.717, 1.165) is 77.2 Å². The molecule has 3 aliphatic rings. The van der Waals surface area contributed by atoms with Crippen molar-refractivity contribution in [3.63, 3.8) is 0 Å². The molecule has 3 aliphatic heterocycles. The first-order chi connectivity index (χ1) is 14.6. The predicted octanol–water partition coefficient (Wildman–Crippen LogP) is 0.710. The minimum absolute atomic E-state index is 0.00186. The van der Waals surface area contributed by atoms with Crippen LogP contribution in [0, 0.1) is 0 Å². The largest absolute Gasteiger partial charge is 0.377 e. The van der Waals surface area contributed by atoms with Crippen LogP contribution in [0.2, 0.25) is 0 Å². The summed E-state index contributed by atoms with van der Waals surface area (Å²) in [5.74, 6) is 0.762. The summed E-state index contributed by atoms with van der Waals surface area (Å²) in [6.07, 6.45) is 7.70. The fourth-order valence-corrected chi connectivity index (χ4v) is 5.10. The third kappa shape index (κ3) is 7.96. The van der Waals surface area contributed by atoms with Crippen LogP contribution in [-0.4, -0.2) is 96.4 Å². The number of piperidine rings is 1. The van der Waals surface area contributed by atoms with Crippen LogP contribution in [0.15, 0.2) is 4.99 Å². The molecule has 2 atom stereocenters. The fraction of sp³-hybridized carbons (Fsp3) is 0.950. The molecular weight excluding hydrogens is 408 g/mol. The van der Waals surface area contributed by atoms with Crippen molar-refractivity contribution in [1.82, 2.24) is 14.9 Å². The molecule has 3 heterocycles. The zero-order valence-electron chi connectivity index (χ0n) is 18.2. The average Bonchev–Trinajstić information content (AvgIpc) is 3.29. The van der Waals surface area contributed by atoms with Gasteiger partial charge in [0.25, 0.3) is 0 Å². The fourth-order valence-electron chi connectivity index (χ4n) is 4.14. The molecule has 30 heavy (non-hydrogen) atoms. The monoisotopic (exact) mass is 446 g/mol. The average molecular weight is 447 g/mol. The van der Waals surface area contributed by atoms with Crippen LogP contribution in [-0.2, 0) is 24.2 Å². The van der Waals surface area contributed by atoms with Crippen LogP contribution in [0.3, 0.4) is 0 Å². The summed E-state index contributed by atoms with van der Waals surface area (Å²) in [6, 6.07) is 0. The molecule has 0 spiro atoms. The van der Waals surface area contributed by atoms with E-state index in [1.165, 1.54) is 0 Å². The molecule has 0 saturated carbocycles. The molecule has 2 N–H and O–H groups in total. The highest BCUT2D eigenvalue weighted by Crippen LogP contribution is 2.18. The zero-order valence-corrected chi connectivity index (χ0v) is 19.0. The third-order valence-corrected chi connectivity index (χ3v) is 7.30. The van der Waals surface area contributed by atoms with Gasteiger partial charge < -0.3 is 24.4 Å². The highest BCUT2D eigenvalue weighted by Gasteiger charge is 2.24. The van der Waals surface area contributed by atoms with E-state index >= 15 is 0 Å². The van der Waals surface area contributed by atoms with Crippen LogP contribution < -0.4 is 10.0 Å². The molecule has 0 aliphatic carbocycles. The smallest absolute Gasteiger partial charge is 0.213 e. The molecule has 3 rings (SSSR count). The summed E-state index contributed by atoms with van der Waals surface area (Å²) in [4.78, 5) is 6.49. The van der Waals surface area contributed by atoms with Gasteiger partial charge in [0.05, 0.1) is 30.7 Å². The van der Waals surface area contributed by atoms with Gasteiger partial charge in [0.1, 0.15) is 0 Å². The molecule has 3 fully saturated rings. The van der Waals surface area contributed by atoms with Crippen molar-refractivity contribution in [3.8, 4) is 0 Å². The molecule has 0 aromatic heterocycles. The Morgan fingerprint density at radius 1 is 1.07 bits per heavy atom. The number of nitrogens with zero attached hydrogens (tertiary/aromatic N) is 2. The first-order valence-electron chi connectivity index (χ1n) is 11.3. The summed E-state index contributed by atoms with van der Waals surface area (Å²) < 4.78 is 44.4. The summed E-state index contributed by atoms with van der Waals surface area (Å²) in [6.45, 7) is 4.64. The summed E-state index contributed by atoms with van der Waals surface area (Å²) in [7, 11) is -1.61. The molecule has 0 bridgehead atoms. The standard InChI is InChI=1S/C20H38N4O5S/c1-21-20(22-9-14-30(25,26)23-15-18-5-2-3-12-27-18)24-10-7-17(8-11-24)29-16-19-6-4-13-28-19/h17-19,23H,2-16H2,1H3,(H,21,22). The summed E-state index contributed by atoms with van der Waals surface area (Å²) in [5.41, 5.74) is 0. The van der Waals surface area contributed by atoms with Crippen molar-refractivity contribution in [3.05, 3.63) is 0 Å². The highest BCUT2D eigenvalue weighted by atomic mass is 32.2. The van der Waals surface area contributed by atoms with Gasteiger partial charge in [0.2, 0.25) is 10.0 Å². The Morgan fingerprint density at radius 2 is 1.80 bits per heavy atom. The number of nitrogens with one attached hydrogen (secondary N) is 2. The topological polar surface area (TPSA) is 101 Å². The molecule has 174 valence electrons. The van der Waals surface area contributed by atoms with Gasteiger partial charge in [-0.1, -0.05) is 0 Å². The van der Waals surface area contributed by atoms with Crippen molar-refractivity contribution in [2.45, 2.75) is 63.3 Å². The van der Waals surface area contributed by atoms with Crippen LogP contribution in [0.5, 0.6) is 0 Å². The van der Waals surface area contributed by atoms with E-state index in [4.69, 9.17) is 14.2 Å². The van der Waals surface area contributed by atoms with Crippen LogP contribution in [0.4, 0.5) is 0 Å². The Kier molecular flexibility index (Phi) is 9.64. The van der Waals surface area contributed by atoms with Gasteiger partial charge in [-0.2, -0.15) is 0 Å². The molecule has 0 amide bonds. The zero-order chi connectivity index (χ0) is 21.2. The predicted molar refractivity (Wildman–Crippen MR) is 116 cm³/mol. The number of guanidine groups is 1. The van der Waals surface area contributed by atoms with Gasteiger partial charge in [-0.15, -0.1) is 0 Å². The molecule has 3 saturated heterocycles. The number of ether oxygens (including phenoxy) is 3. The van der Waals surface area contributed by atoms with E-state index in [1.807, 2.05) is 0 Å². The lowest BCUT2D eigenvalue weighted by Crippen LogP contribution is -2.48. The Labute approximate surface area is 181 Å². The molecule has 9 nitrogen and oxygen atoms in total. The van der Waals surface area contributed by atoms with Gasteiger partial charge in [0.15, 0.2) is 5.96 Å². The van der Waals surface area contributed by atoms with E-state index < -0.39 is 10.0 Å².